The van der Waals surface area contributed by atoms with Crippen molar-refractivity contribution in [1.29, 1.82) is 0 Å². The van der Waals surface area contributed by atoms with Gasteiger partial charge in [0, 0.05) is 31.2 Å². The summed E-state index contributed by atoms with van der Waals surface area (Å²) in [6, 6.07) is 10.4. The molecule has 2 aromatic carbocycles. The number of anilines is 1. The Morgan fingerprint density at radius 1 is 1.08 bits per heavy atom. The summed E-state index contributed by atoms with van der Waals surface area (Å²) in [5.41, 5.74) is 0.920. The van der Waals surface area contributed by atoms with Gasteiger partial charge in [-0.05, 0) is 35.7 Å². The molecule has 0 spiro atoms. The van der Waals surface area contributed by atoms with Gasteiger partial charge in [0.2, 0.25) is 0 Å². The summed E-state index contributed by atoms with van der Waals surface area (Å²) in [5, 5.41) is 28.7. The van der Waals surface area contributed by atoms with E-state index in [-0.39, 0.29) is 64.7 Å². The zero-order valence-corrected chi connectivity index (χ0v) is 25.7. The van der Waals surface area contributed by atoms with Crippen LogP contribution < -0.4 is 95.0 Å². The third kappa shape index (κ3) is 7.76. The van der Waals surface area contributed by atoms with Gasteiger partial charge >= 0.3 is 65.1 Å². The molecule has 0 aliphatic rings. The van der Waals surface area contributed by atoms with Crippen molar-refractivity contribution in [2.24, 2.45) is 7.05 Å². The van der Waals surface area contributed by atoms with Crippen LogP contribution in [0.3, 0.4) is 0 Å². The van der Waals surface area contributed by atoms with Gasteiger partial charge in [-0.3, -0.25) is 4.79 Å². The van der Waals surface area contributed by atoms with E-state index in [2.05, 4.69) is 10.6 Å². The zero-order chi connectivity index (χ0) is 25.7. The molecule has 1 atom stereocenters. The molecule has 10 nitrogen and oxygen atoms in total. The summed E-state index contributed by atoms with van der Waals surface area (Å²) in [4.78, 5) is 36.6. The number of methoxy groups -OCH3 is 2. The van der Waals surface area contributed by atoms with Crippen molar-refractivity contribution < 1.29 is 88.4 Å². The quantitative estimate of drug-likeness (QED) is 0.282. The van der Waals surface area contributed by atoms with Gasteiger partial charge in [0.1, 0.15) is 5.69 Å². The number of pyridine rings is 1. The Bertz CT molecular complexity index is 1310. The number of rotatable bonds is 8. The van der Waals surface area contributed by atoms with Crippen molar-refractivity contribution in [3.05, 3.63) is 70.1 Å². The molecule has 0 saturated carbocycles. The fraction of sp³-hybridized carbons (Fsp3) is 0.240. The van der Waals surface area contributed by atoms with Gasteiger partial charge < -0.3 is 39.7 Å². The monoisotopic (exact) mass is 525 g/mol. The number of carboxylic acid groups (broad SMARTS) is 1. The van der Waals surface area contributed by atoms with Crippen LogP contribution in [0.2, 0.25) is 0 Å². The van der Waals surface area contributed by atoms with Crippen LogP contribution in [-0.4, -0.2) is 30.8 Å². The van der Waals surface area contributed by atoms with Crippen molar-refractivity contribution >= 4 is 17.7 Å². The molecular weight excluding hydrogens is 500 g/mol. The molecule has 0 radical (unpaired) electrons. The first-order chi connectivity index (χ1) is 16.7. The Labute approximate surface area is 258 Å². The van der Waals surface area contributed by atoms with E-state index in [0.717, 1.165) is 5.56 Å². The molecule has 2 amide bonds. The summed E-state index contributed by atoms with van der Waals surface area (Å²) in [6.45, 7) is 1.51. The van der Waals surface area contributed by atoms with Crippen LogP contribution in [0.5, 0.6) is 17.2 Å². The van der Waals surface area contributed by atoms with Crippen LogP contribution in [0.25, 0.3) is 11.1 Å². The average molecular weight is 525 g/mol. The van der Waals surface area contributed by atoms with Crippen molar-refractivity contribution in [1.82, 2.24) is 9.88 Å². The van der Waals surface area contributed by atoms with Crippen LogP contribution in [0.4, 0.5) is 10.5 Å². The number of aromatic nitrogens is 1. The van der Waals surface area contributed by atoms with Crippen LogP contribution >= 0.6 is 0 Å². The second-order valence-electron chi connectivity index (χ2n) is 7.83. The van der Waals surface area contributed by atoms with Crippen molar-refractivity contribution in [3.63, 3.8) is 0 Å². The van der Waals surface area contributed by atoms with Gasteiger partial charge in [0.05, 0.1) is 20.3 Å². The molecule has 0 saturated heterocycles. The number of carboxylic acids is 1. The molecule has 0 bridgehead atoms. The fourth-order valence-corrected chi connectivity index (χ4v) is 3.73. The topological polar surface area (TPSA) is 145 Å². The first kappa shape index (κ1) is 32.6. The number of amides is 2. The van der Waals surface area contributed by atoms with Crippen LogP contribution in [0, 0.1) is 6.92 Å². The van der Waals surface area contributed by atoms with Gasteiger partial charge in [0.15, 0.2) is 11.5 Å². The van der Waals surface area contributed by atoms with Crippen LogP contribution in [0.1, 0.15) is 23.6 Å². The van der Waals surface area contributed by atoms with Gasteiger partial charge in [-0.2, -0.15) is 0 Å². The Morgan fingerprint density at radius 3 is 2.30 bits per heavy atom. The van der Waals surface area contributed by atoms with E-state index >= 15 is 0 Å². The molecule has 3 rings (SSSR count). The molecule has 0 aliphatic carbocycles. The van der Waals surface area contributed by atoms with Crippen molar-refractivity contribution in [3.8, 4) is 28.4 Å². The SMILES string of the molecule is COc1cc([C@H](CC(=O)[O-])NC(=O)Nc2c([O-])c(C)cn(C)c2=O)cc(-c2ccccc2)c1OC.[Na+].[Na+]. The number of hydrogen-bond acceptors (Lipinski definition) is 7. The predicted octanol–water partition coefficient (Wildman–Crippen LogP) is -4.54. The number of aryl methyl sites for hydroxylation is 2. The number of ether oxygens (including phenoxy) is 2. The number of hydrogen-bond donors (Lipinski definition) is 2. The fourth-order valence-electron chi connectivity index (χ4n) is 3.73. The third-order valence-electron chi connectivity index (χ3n) is 5.41. The maximum absolute atomic E-state index is 12.8. The number of urea groups is 1. The van der Waals surface area contributed by atoms with Gasteiger partial charge in [-0.15, -0.1) is 0 Å². The molecule has 184 valence electrons. The molecular formula is C25H25N3Na2O7. The molecule has 0 fully saturated rings. The molecule has 0 unspecified atom stereocenters. The van der Waals surface area contributed by atoms with Gasteiger partial charge in [-0.25, -0.2) is 4.79 Å². The second kappa shape index (κ2) is 14.5. The standard InChI is InChI=1S/C25H27N3O7.2Na/c1-14-13-28(2)24(32)21(22(14)31)27-25(33)26-18(12-20(29)30)16-10-17(15-8-6-5-7-9-15)23(35-4)19(11-16)34-3;;/h5-11,13,18,31H,12H2,1-4H3,(H,29,30)(H2,26,27,33);;/q;2*+1/p-2/t18-;;/m0../s1. The van der Waals surface area contributed by atoms with E-state index < -0.39 is 41.5 Å². The van der Waals surface area contributed by atoms with E-state index in [1.165, 1.54) is 39.0 Å². The number of carbonyl (C=O) groups is 2. The van der Waals surface area contributed by atoms with E-state index in [1.54, 1.807) is 12.1 Å². The molecule has 1 aromatic heterocycles. The third-order valence-corrected chi connectivity index (χ3v) is 5.41. The number of benzene rings is 2. The van der Waals surface area contributed by atoms with E-state index in [0.29, 0.717) is 22.6 Å². The van der Waals surface area contributed by atoms with E-state index in [9.17, 15) is 24.6 Å². The molecule has 12 heteroatoms. The Hall–Kier alpha value is -2.47. The molecule has 37 heavy (non-hydrogen) atoms. The number of nitrogens with zero attached hydrogens (tertiary/aromatic N) is 1. The molecule has 0 aliphatic heterocycles. The van der Waals surface area contributed by atoms with Crippen molar-refractivity contribution in [2.45, 2.75) is 19.4 Å². The Kier molecular flexibility index (Phi) is 12.7. The largest absolute Gasteiger partial charge is 1.00 e. The molecule has 1 heterocycles. The minimum atomic E-state index is -1.41. The van der Waals surface area contributed by atoms with Gasteiger partial charge in [-0.1, -0.05) is 36.1 Å². The molecule has 2 N–H and O–H groups in total. The normalized spacial score (nSPS) is 10.8. The summed E-state index contributed by atoms with van der Waals surface area (Å²) in [6.07, 6.45) is 0.786. The first-order valence-electron chi connectivity index (χ1n) is 10.6. The maximum atomic E-state index is 12.8. The second-order valence-corrected chi connectivity index (χ2v) is 7.83. The summed E-state index contributed by atoms with van der Waals surface area (Å²) in [5.74, 6) is -1.29. The smallest absolute Gasteiger partial charge is 0.871 e. The number of carbonyl (C=O) groups excluding carboxylic acids is 2. The minimum Gasteiger partial charge on any atom is -0.871 e. The van der Waals surface area contributed by atoms with E-state index in [1.807, 2.05) is 30.3 Å². The Balaban J connectivity index is 0.00000342. The zero-order valence-electron chi connectivity index (χ0n) is 21.7. The number of nitrogens with one attached hydrogen (secondary N) is 2. The average Bonchev–Trinajstić information content (AvgIpc) is 2.84. The van der Waals surface area contributed by atoms with Crippen molar-refractivity contribution in [2.75, 3.05) is 19.5 Å². The van der Waals surface area contributed by atoms with Crippen LogP contribution in [0.15, 0.2) is 53.5 Å². The first-order valence-corrected chi connectivity index (χ1v) is 10.6. The van der Waals surface area contributed by atoms with Gasteiger partial charge in [0.25, 0.3) is 5.56 Å². The summed E-state index contributed by atoms with van der Waals surface area (Å²) >= 11 is 0. The number of aliphatic carboxylic acids is 1. The maximum Gasteiger partial charge on any atom is 1.00 e. The summed E-state index contributed by atoms with van der Waals surface area (Å²) in [7, 11) is 4.37. The summed E-state index contributed by atoms with van der Waals surface area (Å²) < 4.78 is 12.1. The van der Waals surface area contributed by atoms with E-state index in [4.69, 9.17) is 9.47 Å². The molecule has 3 aromatic rings. The minimum absolute atomic E-state index is 0. The Morgan fingerprint density at radius 2 is 1.73 bits per heavy atom. The predicted molar refractivity (Wildman–Crippen MR) is 125 cm³/mol. The van der Waals surface area contributed by atoms with Crippen LogP contribution in [-0.2, 0) is 11.8 Å².